The lowest BCUT2D eigenvalue weighted by Crippen LogP contribution is -2.33. The van der Waals surface area contributed by atoms with Crippen LogP contribution in [0.3, 0.4) is 0 Å². The molecule has 6 heteroatoms. The maximum Gasteiger partial charge on any atom is 0.241 e. The molecule has 0 aromatic rings. The molecule has 0 amide bonds. The topological polar surface area (TPSA) is 34.1 Å². The van der Waals surface area contributed by atoms with Crippen molar-refractivity contribution in [3.8, 4) is 0 Å². The summed E-state index contributed by atoms with van der Waals surface area (Å²) in [6, 6.07) is 0. The Balaban J connectivity index is 3.08. The third-order valence-electron chi connectivity index (χ3n) is 1.40. The second kappa shape index (κ2) is 3.33. The van der Waals surface area contributed by atoms with Crippen LogP contribution in [0.15, 0.2) is 24.3 Å². The van der Waals surface area contributed by atoms with Gasteiger partial charge in [-0.05, 0) is 0 Å². The van der Waals surface area contributed by atoms with Crippen LogP contribution in [0.1, 0.15) is 0 Å². The van der Waals surface area contributed by atoms with Crippen molar-refractivity contribution in [2.45, 2.75) is 9.03 Å². The summed E-state index contributed by atoms with van der Waals surface area (Å²) in [5.74, 6) is 0. The van der Waals surface area contributed by atoms with Crippen molar-refractivity contribution in [2.75, 3.05) is 0 Å². The Morgan fingerprint density at radius 2 is 2.00 bits per heavy atom. The van der Waals surface area contributed by atoms with Gasteiger partial charge in [-0.3, -0.25) is 0 Å². The van der Waals surface area contributed by atoms with E-state index in [9.17, 15) is 8.42 Å². The summed E-state index contributed by atoms with van der Waals surface area (Å²) in [5.41, 5.74) is 0. The van der Waals surface area contributed by atoms with E-state index >= 15 is 0 Å². The molecule has 12 heavy (non-hydrogen) atoms. The molecule has 0 fully saturated rings. The molecule has 0 saturated carbocycles. The van der Waals surface area contributed by atoms with Gasteiger partial charge in [0.05, 0.1) is 0 Å². The molecule has 1 rings (SSSR count). The summed E-state index contributed by atoms with van der Waals surface area (Å²) in [6.45, 7) is 0. The lowest BCUT2D eigenvalue weighted by Gasteiger charge is -2.23. The molecule has 0 N–H and O–H groups in total. The molecule has 2 unspecified atom stereocenters. The largest absolute Gasteiger partial charge is 0.241 e. The SMILES string of the molecule is O=S(=O)(Cl)C1C=CC=CC1(Cl)Br. The summed E-state index contributed by atoms with van der Waals surface area (Å²) in [6.07, 6.45) is 6.20. The predicted molar refractivity (Wildman–Crippen MR) is 54.4 cm³/mol. The second-order valence-corrected chi connectivity index (χ2v) is 7.46. The zero-order valence-electron chi connectivity index (χ0n) is 5.75. The van der Waals surface area contributed by atoms with E-state index in [1.165, 1.54) is 12.2 Å². The molecule has 0 heterocycles. The summed E-state index contributed by atoms with van der Waals surface area (Å²) in [5, 5.41) is -0.932. The molecule has 0 aromatic heterocycles. The first-order valence-electron chi connectivity index (χ1n) is 3.01. The number of rotatable bonds is 1. The third kappa shape index (κ3) is 2.25. The lowest BCUT2D eigenvalue weighted by molar-refractivity contribution is 0.601. The standard InChI is InChI=1S/C6H5BrCl2O2S/c7-6(8)4-2-1-3-5(6)12(9,10)11/h1-5H. The Hall–Kier alpha value is 0.490. The van der Waals surface area contributed by atoms with Crippen LogP contribution in [-0.4, -0.2) is 17.5 Å². The molecule has 0 aliphatic heterocycles. The van der Waals surface area contributed by atoms with Crippen molar-refractivity contribution < 1.29 is 8.42 Å². The minimum Gasteiger partial charge on any atom is -0.211 e. The Bertz CT molecular complexity index is 331. The molecule has 2 atom stereocenters. The summed E-state index contributed by atoms with van der Waals surface area (Å²) in [4.78, 5) is 0. The fraction of sp³-hybridized carbons (Fsp3) is 0.333. The fourth-order valence-electron chi connectivity index (χ4n) is 0.854. The number of allylic oxidation sites excluding steroid dienone is 3. The van der Waals surface area contributed by atoms with E-state index in [-0.39, 0.29) is 0 Å². The fourth-order valence-corrected chi connectivity index (χ4v) is 4.19. The Kier molecular flexibility index (Phi) is 2.93. The Morgan fingerprint density at radius 1 is 1.42 bits per heavy atom. The van der Waals surface area contributed by atoms with Crippen LogP contribution in [0.4, 0.5) is 0 Å². The highest BCUT2D eigenvalue weighted by atomic mass is 79.9. The van der Waals surface area contributed by atoms with Gasteiger partial charge < -0.3 is 0 Å². The van der Waals surface area contributed by atoms with Crippen molar-refractivity contribution in [2.24, 2.45) is 0 Å². The van der Waals surface area contributed by atoms with Crippen molar-refractivity contribution in [3.63, 3.8) is 0 Å². The first kappa shape index (κ1) is 10.6. The maximum atomic E-state index is 11.0. The lowest BCUT2D eigenvalue weighted by atomic mass is 10.2. The van der Waals surface area contributed by atoms with Gasteiger partial charge in [0.15, 0.2) is 0 Å². The van der Waals surface area contributed by atoms with Gasteiger partial charge in [-0.2, -0.15) is 0 Å². The molecule has 2 nitrogen and oxygen atoms in total. The number of hydrogen-bond donors (Lipinski definition) is 0. The van der Waals surface area contributed by atoms with E-state index in [2.05, 4.69) is 15.9 Å². The maximum absolute atomic E-state index is 11.0. The number of halogens is 3. The Morgan fingerprint density at radius 3 is 2.33 bits per heavy atom. The highest BCUT2D eigenvalue weighted by molar-refractivity contribution is 9.10. The highest BCUT2D eigenvalue weighted by Crippen LogP contribution is 2.37. The minimum absolute atomic E-state index is 0.932. The second-order valence-electron chi connectivity index (χ2n) is 2.31. The molecule has 0 saturated heterocycles. The molecular weight excluding hydrogens is 287 g/mol. The van der Waals surface area contributed by atoms with Gasteiger partial charge in [-0.25, -0.2) is 8.42 Å². The molecule has 0 aromatic carbocycles. The predicted octanol–water partition coefficient (Wildman–Crippen LogP) is 2.38. The first-order chi connectivity index (χ1) is 5.34. The van der Waals surface area contributed by atoms with Gasteiger partial charge >= 0.3 is 0 Å². The van der Waals surface area contributed by atoms with Crippen LogP contribution in [0.5, 0.6) is 0 Å². The van der Waals surface area contributed by atoms with Gasteiger partial charge in [-0.1, -0.05) is 40.2 Å². The zero-order valence-corrected chi connectivity index (χ0v) is 9.66. The van der Waals surface area contributed by atoms with E-state index in [0.29, 0.717) is 0 Å². The van der Waals surface area contributed by atoms with Crippen molar-refractivity contribution >= 4 is 47.3 Å². The summed E-state index contributed by atoms with van der Waals surface area (Å²) >= 11 is 8.90. The first-order valence-corrected chi connectivity index (χ1v) is 6.56. The van der Waals surface area contributed by atoms with Crippen LogP contribution >= 0.6 is 38.2 Å². The van der Waals surface area contributed by atoms with E-state index in [1.54, 1.807) is 12.2 Å². The van der Waals surface area contributed by atoms with Crippen LogP contribution in [0.25, 0.3) is 0 Å². The van der Waals surface area contributed by atoms with Crippen molar-refractivity contribution in [1.82, 2.24) is 0 Å². The van der Waals surface area contributed by atoms with E-state index in [0.717, 1.165) is 0 Å². The molecule has 1 aliphatic carbocycles. The minimum atomic E-state index is -3.68. The molecule has 1 aliphatic rings. The number of hydrogen-bond acceptors (Lipinski definition) is 2. The number of alkyl halides is 2. The average Bonchev–Trinajstić information content (AvgIpc) is 1.83. The zero-order chi connectivity index (χ0) is 9.41. The van der Waals surface area contributed by atoms with Gasteiger partial charge in [0, 0.05) is 10.7 Å². The van der Waals surface area contributed by atoms with Gasteiger partial charge in [-0.15, -0.1) is 11.6 Å². The van der Waals surface area contributed by atoms with E-state index in [4.69, 9.17) is 22.3 Å². The van der Waals surface area contributed by atoms with Gasteiger partial charge in [0.2, 0.25) is 9.05 Å². The van der Waals surface area contributed by atoms with Crippen LogP contribution in [0, 0.1) is 0 Å². The third-order valence-corrected chi connectivity index (χ3v) is 4.66. The normalized spacial score (nSPS) is 35.4. The van der Waals surface area contributed by atoms with E-state index < -0.39 is 18.1 Å². The monoisotopic (exact) mass is 290 g/mol. The van der Waals surface area contributed by atoms with Crippen LogP contribution in [0.2, 0.25) is 0 Å². The van der Waals surface area contributed by atoms with Gasteiger partial charge in [0.25, 0.3) is 0 Å². The molecule has 68 valence electrons. The molecule has 0 radical (unpaired) electrons. The van der Waals surface area contributed by atoms with E-state index in [1.807, 2.05) is 0 Å². The van der Waals surface area contributed by atoms with Gasteiger partial charge in [0.1, 0.15) is 9.03 Å². The average molecular weight is 292 g/mol. The highest BCUT2D eigenvalue weighted by Gasteiger charge is 2.39. The molecule has 0 spiro atoms. The van der Waals surface area contributed by atoms with Crippen LogP contribution < -0.4 is 0 Å². The van der Waals surface area contributed by atoms with Crippen LogP contribution in [-0.2, 0) is 9.05 Å². The molecular formula is C6H5BrCl2O2S. The molecule has 0 bridgehead atoms. The van der Waals surface area contributed by atoms with Crippen molar-refractivity contribution in [3.05, 3.63) is 24.3 Å². The summed E-state index contributed by atoms with van der Waals surface area (Å²) in [7, 11) is 1.49. The Labute approximate surface area is 88.8 Å². The quantitative estimate of drug-likeness (QED) is 0.549. The van der Waals surface area contributed by atoms with Crippen molar-refractivity contribution in [1.29, 1.82) is 0 Å². The summed E-state index contributed by atoms with van der Waals surface area (Å²) < 4.78 is 20.8. The smallest absolute Gasteiger partial charge is 0.211 e.